The van der Waals surface area contributed by atoms with E-state index in [-0.39, 0.29) is 11.8 Å². The summed E-state index contributed by atoms with van der Waals surface area (Å²) in [5.41, 5.74) is 3.50. The molecule has 0 aromatic rings. The zero-order valence-corrected chi connectivity index (χ0v) is 5.98. The molecule has 0 atom stereocenters. The van der Waals surface area contributed by atoms with Crippen molar-refractivity contribution < 1.29 is 15.6 Å². The summed E-state index contributed by atoms with van der Waals surface area (Å²) in [6.07, 6.45) is 0.205. The van der Waals surface area contributed by atoms with Gasteiger partial charge in [0.05, 0.1) is 13.0 Å². The monoisotopic (exact) mass is 132 g/mol. The Bertz CT molecular complexity index is 110. The molecule has 0 saturated carbocycles. The van der Waals surface area contributed by atoms with Crippen molar-refractivity contribution in [2.45, 2.75) is 20.3 Å². The van der Waals surface area contributed by atoms with Gasteiger partial charge in [0.1, 0.15) is 0 Å². The van der Waals surface area contributed by atoms with E-state index < -0.39 is 5.97 Å². The molecule has 3 heteroatoms. The van der Waals surface area contributed by atoms with Gasteiger partial charge in [-0.05, 0) is 0 Å². The standard InChI is InChI=1S/C6H13NO2/c1-6(2,4-7)3-5(8)9/h3-4,7H2,1-2H3,(H,8,9)/p+1. The van der Waals surface area contributed by atoms with Crippen LogP contribution in [0.25, 0.3) is 0 Å². The van der Waals surface area contributed by atoms with Crippen LogP contribution in [-0.4, -0.2) is 17.6 Å². The second kappa shape index (κ2) is 2.82. The average Bonchev–Trinajstić information content (AvgIpc) is 1.63. The van der Waals surface area contributed by atoms with Crippen molar-refractivity contribution in [3.05, 3.63) is 0 Å². The zero-order valence-electron chi connectivity index (χ0n) is 5.98. The average molecular weight is 132 g/mol. The van der Waals surface area contributed by atoms with E-state index in [1.54, 1.807) is 0 Å². The highest BCUT2D eigenvalue weighted by Crippen LogP contribution is 2.16. The fourth-order valence-corrected chi connectivity index (χ4v) is 0.498. The lowest BCUT2D eigenvalue weighted by molar-refractivity contribution is -0.389. The van der Waals surface area contributed by atoms with Crippen molar-refractivity contribution in [3.8, 4) is 0 Å². The number of carboxylic acid groups (broad SMARTS) is 1. The Morgan fingerprint density at radius 2 is 2.11 bits per heavy atom. The Balaban J connectivity index is 3.71. The van der Waals surface area contributed by atoms with Crippen LogP contribution >= 0.6 is 0 Å². The Hall–Kier alpha value is -0.570. The van der Waals surface area contributed by atoms with E-state index in [1.165, 1.54) is 0 Å². The second-order valence-corrected chi connectivity index (χ2v) is 2.98. The SMILES string of the molecule is CC(C)(C[NH3+])CC(=O)O. The van der Waals surface area contributed by atoms with E-state index >= 15 is 0 Å². The highest BCUT2D eigenvalue weighted by molar-refractivity contribution is 5.67. The molecule has 54 valence electrons. The van der Waals surface area contributed by atoms with Gasteiger partial charge in [0.15, 0.2) is 0 Å². The van der Waals surface area contributed by atoms with Crippen LogP contribution < -0.4 is 5.73 Å². The second-order valence-electron chi connectivity index (χ2n) is 2.98. The van der Waals surface area contributed by atoms with E-state index in [0.29, 0.717) is 6.54 Å². The molecule has 0 aromatic carbocycles. The van der Waals surface area contributed by atoms with Crippen LogP contribution in [0.2, 0.25) is 0 Å². The molecule has 0 aliphatic heterocycles. The van der Waals surface area contributed by atoms with E-state index in [4.69, 9.17) is 5.11 Å². The molecular weight excluding hydrogens is 118 g/mol. The zero-order chi connectivity index (χ0) is 7.49. The first kappa shape index (κ1) is 8.43. The van der Waals surface area contributed by atoms with Gasteiger partial charge in [0.25, 0.3) is 0 Å². The van der Waals surface area contributed by atoms with Crippen LogP contribution in [0.4, 0.5) is 0 Å². The lowest BCUT2D eigenvalue weighted by atomic mass is 9.90. The van der Waals surface area contributed by atoms with E-state index in [9.17, 15) is 4.79 Å². The van der Waals surface area contributed by atoms with Gasteiger partial charge in [-0.2, -0.15) is 0 Å². The summed E-state index contributed by atoms with van der Waals surface area (Å²) in [7, 11) is 0. The van der Waals surface area contributed by atoms with Crippen LogP contribution in [0.1, 0.15) is 20.3 Å². The largest absolute Gasteiger partial charge is 0.481 e. The summed E-state index contributed by atoms with van der Waals surface area (Å²) >= 11 is 0. The topological polar surface area (TPSA) is 64.9 Å². The number of quaternary nitrogens is 1. The summed E-state index contributed by atoms with van der Waals surface area (Å²) < 4.78 is 0. The van der Waals surface area contributed by atoms with Crippen molar-refractivity contribution >= 4 is 5.97 Å². The fourth-order valence-electron chi connectivity index (χ4n) is 0.498. The highest BCUT2D eigenvalue weighted by Gasteiger charge is 2.21. The Labute approximate surface area is 54.9 Å². The van der Waals surface area contributed by atoms with Gasteiger partial charge < -0.3 is 10.8 Å². The van der Waals surface area contributed by atoms with Gasteiger partial charge in [0.2, 0.25) is 0 Å². The minimum atomic E-state index is -0.747. The first-order valence-corrected chi connectivity index (χ1v) is 2.99. The summed E-state index contributed by atoms with van der Waals surface area (Å²) in [4.78, 5) is 10.1. The number of hydrogen-bond acceptors (Lipinski definition) is 1. The summed E-state index contributed by atoms with van der Waals surface area (Å²) in [5, 5.41) is 8.35. The molecule has 3 nitrogen and oxygen atoms in total. The molecule has 0 radical (unpaired) electrons. The van der Waals surface area contributed by atoms with Crippen LogP contribution in [0, 0.1) is 5.41 Å². The molecule has 0 bridgehead atoms. The molecule has 0 aromatic heterocycles. The third-order valence-electron chi connectivity index (χ3n) is 1.31. The molecule has 0 saturated heterocycles. The smallest absolute Gasteiger partial charge is 0.304 e. The van der Waals surface area contributed by atoms with Gasteiger partial charge in [-0.1, -0.05) is 13.8 Å². The van der Waals surface area contributed by atoms with Gasteiger partial charge in [0, 0.05) is 5.41 Å². The van der Waals surface area contributed by atoms with Crippen molar-refractivity contribution in [2.75, 3.05) is 6.54 Å². The predicted molar refractivity (Wildman–Crippen MR) is 33.8 cm³/mol. The number of carbonyl (C=O) groups is 1. The van der Waals surface area contributed by atoms with Crippen LogP contribution in [-0.2, 0) is 4.79 Å². The normalized spacial score (nSPS) is 11.4. The van der Waals surface area contributed by atoms with E-state index in [0.717, 1.165) is 0 Å². The van der Waals surface area contributed by atoms with Gasteiger partial charge in [-0.3, -0.25) is 4.79 Å². The Morgan fingerprint density at radius 3 is 2.22 bits per heavy atom. The van der Waals surface area contributed by atoms with Crippen molar-refractivity contribution in [3.63, 3.8) is 0 Å². The van der Waals surface area contributed by atoms with Crippen molar-refractivity contribution in [2.24, 2.45) is 5.41 Å². The molecular formula is C6H14NO2+. The Kier molecular flexibility index (Phi) is 2.65. The van der Waals surface area contributed by atoms with E-state index in [1.807, 2.05) is 13.8 Å². The first-order chi connectivity index (χ1) is 3.98. The van der Waals surface area contributed by atoms with Crippen LogP contribution in [0.3, 0.4) is 0 Å². The lowest BCUT2D eigenvalue weighted by Crippen LogP contribution is -2.57. The number of aliphatic carboxylic acids is 1. The molecule has 0 fully saturated rings. The van der Waals surface area contributed by atoms with Crippen molar-refractivity contribution in [1.82, 2.24) is 0 Å². The number of rotatable bonds is 3. The van der Waals surface area contributed by atoms with Crippen LogP contribution in [0.5, 0.6) is 0 Å². The fraction of sp³-hybridized carbons (Fsp3) is 0.833. The molecule has 0 amide bonds. The summed E-state index contributed by atoms with van der Waals surface area (Å²) in [6.45, 7) is 4.46. The third-order valence-corrected chi connectivity index (χ3v) is 1.31. The quantitative estimate of drug-likeness (QED) is 0.555. The minimum absolute atomic E-state index is 0.147. The summed E-state index contributed by atoms with van der Waals surface area (Å²) in [6, 6.07) is 0. The van der Waals surface area contributed by atoms with Gasteiger partial charge in [-0.25, -0.2) is 0 Å². The molecule has 0 unspecified atom stereocenters. The van der Waals surface area contributed by atoms with Crippen molar-refractivity contribution in [1.29, 1.82) is 0 Å². The highest BCUT2D eigenvalue weighted by atomic mass is 16.4. The van der Waals surface area contributed by atoms with E-state index in [2.05, 4.69) is 5.73 Å². The summed E-state index contributed by atoms with van der Waals surface area (Å²) in [5.74, 6) is -0.747. The molecule has 9 heavy (non-hydrogen) atoms. The lowest BCUT2D eigenvalue weighted by Gasteiger charge is -2.15. The molecule has 0 spiro atoms. The number of carboxylic acids is 1. The maximum absolute atomic E-state index is 10.1. The predicted octanol–water partition coefficient (Wildman–Crippen LogP) is -0.271. The molecule has 0 heterocycles. The molecule has 0 rings (SSSR count). The van der Waals surface area contributed by atoms with Crippen LogP contribution in [0.15, 0.2) is 0 Å². The maximum Gasteiger partial charge on any atom is 0.304 e. The molecule has 0 aliphatic carbocycles. The molecule has 0 aliphatic rings. The van der Waals surface area contributed by atoms with Gasteiger partial charge >= 0.3 is 5.97 Å². The Morgan fingerprint density at radius 1 is 1.67 bits per heavy atom. The third kappa shape index (κ3) is 3.97. The maximum atomic E-state index is 10.1. The van der Waals surface area contributed by atoms with Gasteiger partial charge in [-0.15, -0.1) is 0 Å². The minimum Gasteiger partial charge on any atom is -0.481 e. The first-order valence-electron chi connectivity index (χ1n) is 2.99. The molecule has 4 N–H and O–H groups in total. The number of hydrogen-bond donors (Lipinski definition) is 2.